The molecular formula is C28H33N5O8S2. The maximum Gasteiger partial charge on any atom is 0.327 e. The molecule has 5 amide bonds. The van der Waals surface area contributed by atoms with Crippen LogP contribution in [0.1, 0.15) is 19.4 Å². The number of anilines is 1. The maximum atomic E-state index is 13.5. The summed E-state index contributed by atoms with van der Waals surface area (Å²) in [6, 6.07) is 9.73. The second-order valence-corrected chi connectivity index (χ2v) is 12.3. The number of carbonyl (C=O) groups excluding carboxylic acids is 5. The van der Waals surface area contributed by atoms with Crippen LogP contribution in [0, 0.1) is 0 Å². The van der Waals surface area contributed by atoms with Crippen LogP contribution in [0.5, 0.6) is 5.75 Å². The lowest BCUT2D eigenvalue weighted by Gasteiger charge is -2.28. The molecule has 43 heavy (non-hydrogen) atoms. The Balaban J connectivity index is 1.85. The molecule has 3 rings (SSSR count). The largest absolute Gasteiger partial charge is 0.508 e. The molecule has 6 N–H and O–H groups in total. The van der Waals surface area contributed by atoms with E-state index in [0.717, 1.165) is 26.5 Å². The fraction of sp³-hybridized carbons (Fsp3) is 0.357. The SMILES string of the molecule is CC(=O)N[C@@H](Cc1ccc(O)cc1)C(=O)N[C@H]1CSSC[C@@H](C(=O)O)NC(=O)CN(c2ccccc2)C(=O)[C@H](C)NC1=O. The molecule has 13 nitrogen and oxygen atoms in total. The van der Waals surface area contributed by atoms with Crippen molar-refractivity contribution in [1.82, 2.24) is 21.3 Å². The van der Waals surface area contributed by atoms with Crippen molar-refractivity contribution >= 4 is 62.8 Å². The number of hydrogen-bond acceptors (Lipinski definition) is 9. The molecule has 1 fully saturated rings. The molecule has 0 bridgehead atoms. The van der Waals surface area contributed by atoms with Crippen LogP contribution in [0.4, 0.5) is 5.69 Å². The van der Waals surface area contributed by atoms with E-state index in [-0.39, 0.29) is 23.7 Å². The molecule has 0 aliphatic carbocycles. The summed E-state index contributed by atoms with van der Waals surface area (Å²) in [4.78, 5) is 77.8. The summed E-state index contributed by atoms with van der Waals surface area (Å²) in [6.07, 6.45) is 0.0723. The minimum absolute atomic E-state index is 0.0160. The van der Waals surface area contributed by atoms with Crippen molar-refractivity contribution in [2.45, 2.75) is 44.4 Å². The van der Waals surface area contributed by atoms with E-state index >= 15 is 0 Å². The van der Waals surface area contributed by atoms with Crippen molar-refractivity contribution in [3.8, 4) is 5.75 Å². The van der Waals surface area contributed by atoms with Gasteiger partial charge in [-0.15, -0.1) is 0 Å². The zero-order valence-electron chi connectivity index (χ0n) is 23.4. The third-order valence-electron chi connectivity index (χ3n) is 6.25. The van der Waals surface area contributed by atoms with E-state index in [9.17, 15) is 39.0 Å². The normalized spacial score (nSPS) is 21.0. The van der Waals surface area contributed by atoms with E-state index in [1.807, 2.05) is 0 Å². The van der Waals surface area contributed by atoms with Crippen LogP contribution in [-0.2, 0) is 35.2 Å². The van der Waals surface area contributed by atoms with Crippen molar-refractivity contribution < 1.29 is 39.0 Å². The van der Waals surface area contributed by atoms with Gasteiger partial charge in [-0.05, 0) is 36.8 Å². The number of amides is 5. The number of aliphatic carboxylic acids is 1. The summed E-state index contributed by atoms with van der Waals surface area (Å²) in [6.45, 7) is 2.20. The van der Waals surface area contributed by atoms with Gasteiger partial charge in [-0.3, -0.25) is 24.0 Å². The molecule has 230 valence electrons. The molecule has 1 saturated heterocycles. The molecule has 0 spiro atoms. The molecule has 0 aromatic heterocycles. The summed E-state index contributed by atoms with van der Waals surface area (Å²) in [5.74, 6) is -4.43. The van der Waals surface area contributed by atoms with Gasteiger partial charge in [-0.2, -0.15) is 0 Å². The van der Waals surface area contributed by atoms with Crippen LogP contribution in [0.15, 0.2) is 54.6 Å². The second kappa shape index (κ2) is 15.8. The first-order valence-corrected chi connectivity index (χ1v) is 15.7. The monoisotopic (exact) mass is 631 g/mol. The molecule has 1 aliphatic heterocycles. The standard InChI is InChI=1S/C28H33N5O8S2/c1-16-27(39)33(19-6-4-3-5-7-19)13-24(36)31-23(28(40)41)15-43-42-14-22(26(38)29-16)32-25(37)21(30-17(2)34)12-18-8-10-20(35)11-9-18/h3-11,16,21-23,35H,12-15H2,1-2H3,(H,29,38)(H,30,34)(H,31,36)(H,32,37)(H,40,41)/t16-,21-,22-,23-/m0/s1. The van der Waals surface area contributed by atoms with E-state index in [2.05, 4.69) is 21.3 Å². The Morgan fingerprint density at radius 3 is 2.28 bits per heavy atom. The van der Waals surface area contributed by atoms with Gasteiger partial charge in [0.25, 0.3) is 0 Å². The number of carboxylic acids is 1. The third kappa shape index (κ3) is 10.2. The lowest BCUT2D eigenvalue weighted by Crippen LogP contribution is -2.58. The van der Waals surface area contributed by atoms with Crippen molar-refractivity contribution in [2.75, 3.05) is 23.0 Å². The van der Waals surface area contributed by atoms with Crippen LogP contribution in [0.25, 0.3) is 0 Å². The van der Waals surface area contributed by atoms with E-state index in [1.165, 1.54) is 26.0 Å². The van der Waals surface area contributed by atoms with Gasteiger partial charge in [0.2, 0.25) is 29.5 Å². The summed E-state index contributed by atoms with van der Waals surface area (Å²) in [5, 5.41) is 29.5. The average molecular weight is 632 g/mol. The van der Waals surface area contributed by atoms with E-state index in [1.54, 1.807) is 42.5 Å². The molecule has 2 aromatic rings. The summed E-state index contributed by atoms with van der Waals surface area (Å²) < 4.78 is 0. The fourth-order valence-electron chi connectivity index (χ4n) is 4.08. The maximum absolute atomic E-state index is 13.5. The van der Waals surface area contributed by atoms with Gasteiger partial charge in [0.05, 0.1) is 0 Å². The second-order valence-electron chi connectivity index (χ2n) is 9.70. The smallest absolute Gasteiger partial charge is 0.327 e. The van der Waals surface area contributed by atoms with Crippen LogP contribution >= 0.6 is 21.6 Å². The average Bonchev–Trinajstić information content (AvgIpc) is 2.96. The van der Waals surface area contributed by atoms with Crippen LogP contribution in [0.3, 0.4) is 0 Å². The van der Waals surface area contributed by atoms with E-state index in [4.69, 9.17) is 0 Å². The molecule has 1 aliphatic rings. The summed E-state index contributed by atoms with van der Waals surface area (Å²) in [7, 11) is 2.19. The number of phenols is 1. The number of phenolic OH excluding ortho intramolecular Hbond substituents is 1. The van der Waals surface area contributed by atoms with Gasteiger partial charge in [0, 0.05) is 30.5 Å². The van der Waals surface area contributed by atoms with Crippen molar-refractivity contribution in [3.63, 3.8) is 0 Å². The van der Waals surface area contributed by atoms with Crippen LogP contribution in [0.2, 0.25) is 0 Å². The molecule has 0 saturated carbocycles. The number of rotatable bonds is 7. The van der Waals surface area contributed by atoms with Gasteiger partial charge in [-0.25, -0.2) is 4.79 Å². The van der Waals surface area contributed by atoms with Gasteiger partial charge in [0.1, 0.15) is 36.5 Å². The molecular weight excluding hydrogens is 598 g/mol. The molecule has 0 radical (unpaired) electrons. The minimum Gasteiger partial charge on any atom is -0.508 e. The fourth-order valence-corrected chi connectivity index (χ4v) is 6.40. The highest BCUT2D eigenvalue weighted by atomic mass is 33.1. The Bertz CT molecular complexity index is 1330. The molecule has 1 heterocycles. The topological polar surface area (TPSA) is 194 Å². The number of aromatic hydroxyl groups is 1. The zero-order valence-corrected chi connectivity index (χ0v) is 25.1. The Hall–Kier alpha value is -4.24. The molecule has 0 unspecified atom stereocenters. The lowest BCUT2D eigenvalue weighted by molar-refractivity contribution is -0.141. The first-order chi connectivity index (χ1) is 20.4. The van der Waals surface area contributed by atoms with E-state index in [0.29, 0.717) is 11.3 Å². The van der Waals surface area contributed by atoms with E-state index < -0.39 is 66.2 Å². The van der Waals surface area contributed by atoms with Crippen molar-refractivity contribution in [1.29, 1.82) is 0 Å². The first kappa shape index (κ1) is 33.3. The Morgan fingerprint density at radius 1 is 1.00 bits per heavy atom. The summed E-state index contributed by atoms with van der Waals surface area (Å²) >= 11 is 0. The number of carboxylic acid groups (broad SMARTS) is 1. The number of para-hydroxylation sites is 1. The Morgan fingerprint density at radius 2 is 1.65 bits per heavy atom. The lowest BCUT2D eigenvalue weighted by atomic mass is 10.0. The van der Waals surface area contributed by atoms with Gasteiger partial charge in [-0.1, -0.05) is 51.9 Å². The highest BCUT2D eigenvalue weighted by molar-refractivity contribution is 8.76. The van der Waals surface area contributed by atoms with Crippen LogP contribution in [-0.4, -0.2) is 87.9 Å². The molecule has 2 aromatic carbocycles. The number of benzene rings is 2. The Labute approximate surface area is 255 Å². The van der Waals surface area contributed by atoms with Crippen molar-refractivity contribution in [2.24, 2.45) is 0 Å². The quantitative estimate of drug-likeness (QED) is 0.233. The number of nitrogens with zero attached hydrogens (tertiary/aromatic N) is 1. The predicted octanol–water partition coefficient (Wildman–Crippen LogP) is 0.427. The number of carbonyl (C=O) groups is 6. The van der Waals surface area contributed by atoms with Crippen molar-refractivity contribution in [3.05, 3.63) is 60.2 Å². The predicted molar refractivity (Wildman–Crippen MR) is 162 cm³/mol. The zero-order chi connectivity index (χ0) is 31.5. The summed E-state index contributed by atoms with van der Waals surface area (Å²) in [5.41, 5.74) is 1.01. The minimum atomic E-state index is -1.27. The molecule has 15 heteroatoms. The van der Waals surface area contributed by atoms with Gasteiger partial charge in [0.15, 0.2) is 0 Å². The first-order valence-electron chi connectivity index (χ1n) is 13.2. The number of nitrogens with one attached hydrogen (secondary N) is 4. The molecule has 4 atom stereocenters. The highest BCUT2D eigenvalue weighted by Gasteiger charge is 2.32. The third-order valence-corrected chi connectivity index (χ3v) is 8.68. The number of hydrogen-bond donors (Lipinski definition) is 6. The van der Waals surface area contributed by atoms with Gasteiger partial charge >= 0.3 is 5.97 Å². The Kier molecular flexibility index (Phi) is 12.3. The van der Waals surface area contributed by atoms with Crippen LogP contribution < -0.4 is 26.2 Å². The highest BCUT2D eigenvalue weighted by Crippen LogP contribution is 2.24. The van der Waals surface area contributed by atoms with Gasteiger partial charge < -0.3 is 36.4 Å².